The second-order valence-corrected chi connectivity index (χ2v) is 9.12. The molecule has 3 aliphatic rings. The second kappa shape index (κ2) is 6.36. The number of phenols is 2. The van der Waals surface area contributed by atoms with Crippen LogP contribution in [-0.4, -0.2) is 43.1 Å². The minimum absolute atomic E-state index is 0.0210. The van der Waals surface area contributed by atoms with Gasteiger partial charge in [0.2, 0.25) is 0 Å². The molecule has 1 heterocycles. The molecule has 6 nitrogen and oxygen atoms in total. The van der Waals surface area contributed by atoms with Gasteiger partial charge in [0.05, 0.1) is 19.3 Å². The van der Waals surface area contributed by atoms with E-state index in [9.17, 15) is 15.0 Å². The number of rotatable bonds is 3. The van der Waals surface area contributed by atoms with E-state index in [2.05, 4.69) is 6.92 Å². The Balaban J connectivity index is 2.03. The first-order valence-corrected chi connectivity index (χ1v) is 10.1. The Morgan fingerprint density at radius 1 is 1.18 bits per heavy atom. The summed E-state index contributed by atoms with van der Waals surface area (Å²) in [7, 11) is 3.12. The molecule has 0 spiro atoms. The first-order chi connectivity index (χ1) is 13.2. The standard InChI is InChI=1S/C22H30O6/c1-11(2)14-17(24)15-12(23)9-13-21(3)7-6-8-22(13,10-28-20(21)27-5)16(15)18(25)19(14)26-4/h11,13,20,24-25H,6-10H2,1-5H3/t13-,20?,21-,22+/m0/s1. The van der Waals surface area contributed by atoms with Crippen LogP contribution < -0.4 is 4.74 Å². The second-order valence-electron chi connectivity index (χ2n) is 9.12. The molecule has 4 atom stereocenters. The van der Waals surface area contributed by atoms with Crippen molar-refractivity contribution in [3.63, 3.8) is 0 Å². The zero-order chi connectivity index (χ0) is 20.4. The predicted octanol–water partition coefficient (Wildman–Crippen LogP) is 3.86. The fourth-order valence-corrected chi connectivity index (χ4v) is 6.28. The van der Waals surface area contributed by atoms with Crippen LogP contribution in [0.1, 0.15) is 73.9 Å². The Labute approximate surface area is 165 Å². The summed E-state index contributed by atoms with van der Waals surface area (Å²) >= 11 is 0. The van der Waals surface area contributed by atoms with Crippen LogP contribution in [0.15, 0.2) is 0 Å². The molecular weight excluding hydrogens is 360 g/mol. The molecule has 0 aromatic heterocycles. The zero-order valence-electron chi connectivity index (χ0n) is 17.3. The first kappa shape index (κ1) is 19.5. The SMILES string of the molecule is COc1c(O)c2c(c(O)c1C(C)C)C(=O)C[C@@H]1[C@]23CCC[C@]1(C)C(OC)OC3. The Kier molecular flexibility index (Phi) is 4.43. The lowest BCUT2D eigenvalue weighted by molar-refractivity contribution is -0.274. The van der Waals surface area contributed by atoms with Crippen molar-refractivity contribution >= 4 is 5.78 Å². The van der Waals surface area contributed by atoms with Gasteiger partial charge in [0.25, 0.3) is 0 Å². The van der Waals surface area contributed by atoms with Crippen molar-refractivity contribution in [3.8, 4) is 17.2 Å². The maximum Gasteiger partial charge on any atom is 0.167 e. The lowest BCUT2D eigenvalue weighted by Crippen LogP contribution is -2.63. The molecule has 2 N–H and O–H groups in total. The number of carbonyl (C=O) groups excluding carboxylic acids is 1. The van der Waals surface area contributed by atoms with Crippen molar-refractivity contribution in [3.05, 3.63) is 16.7 Å². The third-order valence-electron chi connectivity index (χ3n) is 7.43. The quantitative estimate of drug-likeness (QED) is 0.762. The van der Waals surface area contributed by atoms with Crippen molar-refractivity contribution in [2.75, 3.05) is 20.8 Å². The number of hydrogen-bond acceptors (Lipinski definition) is 6. The third kappa shape index (κ3) is 2.25. The van der Waals surface area contributed by atoms with Gasteiger partial charge in [-0.25, -0.2) is 0 Å². The van der Waals surface area contributed by atoms with Crippen LogP contribution in [0.3, 0.4) is 0 Å². The van der Waals surface area contributed by atoms with Crippen molar-refractivity contribution in [1.82, 2.24) is 0 Å². The van der Waals surface area contributed by atoms with E-state index in [1.54, 1.807) is 7.11 Å². The van der Waals surface area contributed by atoms with E-state index in [1.165, 1.54) is 7.11 Å². The number of aromatic hydroxyl groups is 2. The van der Waals surface area contributed by atoms with Gasteiger partial charge in [0, 0.05) is 35.5 Å². The number of phenolic OH excluding ortho intramolecular Hbond substituents is 2. The molecule has 1 aromatic carbocycles. The smallest absolute Gasteiger partial charge is 0.167 e. The van der Waals surface area contributed by atoms with Crippen molar-refractivity contribution in [2.45, 2.75) is 64.1 Å². The number of Topliss-reactive ketones (excluding diaryl/α,β-unsaturated/α-hetero) is 1. The highest BCUT2D eigenvalue weighted by atomic mass is 16.7. The van der Waals surface area contributed by atoms with Gasteiger partial charge >= 0.3 is 0 Å². The molecule has 1 unspecified atom stereocenters. The molecule has 2 bridgehead atoms. The maximum atomic E-state index is 13.3. The number of fused-ring (bicyclic) bond motifs is 1. The van der Waals surface area contributed by atoms with Crippen LogP contribution in [-0.2, 0) is 14.9 Å². The van der Waals surface area contributed by atoms with Crippen molar-refractivity contribution in [1.29, 1.82) is 0 Å². The van der Waals surface area contributed by atoms with E-state index in [-0.39, 0.29) is 52.1 Å². The van der Waals surface area contributed by atoms with Crippen LogP contribution in [0.4, 0.5) is 0 Å². The average molecular weight is 390 g/mol. The highest BCUT2D eigenvalue weighted by Gasteiger charge is 2.64. The van der Waals surface area contributed by atoms with E-state index in [0.29, 0.717) is 24.2 Å². The van der Waals surface area contributed by atoms with E-state index in [4.69, 9.17) is 14.2 Å². The van der Waals surface area contributed by atoms with Gasteiger partial charge < -0.3 is 24.4 Å². The Hall–Kier alpha value is -1.79. The molecule has 0 radical (unpaired) electrons. The Bertz CT molecular complexity index is 831. The normalized spacial score (nSPS) is 34.1. The molecule has 4 rings (SSSR count). The summed E-state index contributed by atoms with van der Waals surface area (Å²) in [6, 6.07) is 0. The number of ether oxygens (including phenoxy) is 3. The van der Waals surface area contributed by atoms with Crippen molar-refractivity contribution in [2.24, 2.45) is 11.3 Å². The zero-order valence-corrected chi connectivity index (χ0v) is 17.3. The summed E-state index contributed by atoms with van der Waals surface area (Å²) in [6.07, 6.45) is 2.57. The van der Waals surface area contributed by atoms with Crippen LogP contribution in [0.5, 0.6) is 17.2 Å². The Morgan fingerprint density at radius 3 is 2.50 bits per heavy atom. The molecule has 1 saturated heterocycles. The van der Waals surface area contributed by atoms with Gasteiger partial charge in [-0.05, 0) is 24.7 Å². The van der Waals surface area contributed by atoms with Gasteiger partial charge in [-0.2, -0.15) is 0 Å². The lowest BCUT2D eigenvalue weighted by atomic mass is 9.47. The van der Waals surface area contributed by atoms with Gasteiger partial charge in [-0.3, -0.25) is 4.79 Å². The molecule has 1 saturated carbocycles. The molecule has 1 aliphatic heterocycles. The minimum Gasteiger partial charge on any atom is -0.507 e. The maximum absolute atomic E-state index is 13.3. The number of ketones is 1. The van der Waals surface area contributed by atoms with Gasteiger partial charge in [0.15, 0.2) is 23.6 Å². The Morgan fingerprint density at radius 2 is 1.89 bits per heavy atom. The van der Waals surface area contributed by atoms with E-state index in [0.717, 1.165) is 19.3 Å². The summed E-state index contributed by atoms with van der Waals surface area (Å²) in [6.45, 7) is 6.28. The van der Waals surface area contributed by atoms with Gasteiger partial charge in [-0.15, -0.1) is 0 Å². The molecule has 2 aliphatic carbocycles. The first-order valence-electron chi connectivity index (χ1n) is 10.1. The van der Waals surface area contributed by atoms with Crippen LogP contribution in [0.25, 0.3) is 0 Å². The molecule has 154 valence electrons. The summed E-state index contributed by atoms with van der Waals surface area (Å²) < 4.78 is 17.3. The largest absolute Gasteiger partial charge is 0.507 e. The fraction of sp³-hybridized carbons (Fsp3) is 0.682. The highest BCUT2D eigenvalue weighted by molar-refractivity contribution is 6.04. The fourth-order valence-electron chi connectivity index (χ4n) is 6.28. The summed E-state index contributed by atoms with van der Waals surface area (Å²) in [5.41, 5.74) is 0.377. The monoisotopic (exact) mass is 390 g/mol. The molecular formula is C22H30O6. The van der Waals surface area contributed by atoms with E-state index < -0.39 is 5.41 Å². The summed E-state index contributed by atoms with van der Waals surface area (Å²) in [5, 5.41) is 22.4. The summed E-state index contributed by atoms with van der Waals surface area (Å²) in [4.78, 5) is 13.3. The topological polar surface area (TPSA) is 85.2 Å². The number of methoxy groups -OCH3 is 2. The molecule has 6 heteroatoms. The summed E-state index contributed by atoms with van der Waals surface area (Å²) in [5.74, 6) is -0.0777. The average Bonchev–Trinajstić information content (AvgIpc) is 2.63. The van der Waals surface area contributed by atoms with E-state index >= 15 is 0 Å². The molecule has 28 heavy (non-hydrogen) atoms. The van der Waals surface area contributed by atoms with Gasteiger partial charge in [-0.1, -0.05) is 27.2 Å². The van der Waals surface area contributed by atoms with Crippen LogP contribution in [0, 0.1) is 11.3 Å². The number of carbonyl (C=O) groups is 1. The third-order valence-corrected chi connectivity index (χ3v) is 7.43. The molecule has 2 fully saturated rings. The highest BCUT2D eigenvalue weighted by Crippen LogP contribution is 2.65. The predicted molar refractivity (Wildman–Crippen MR) is 103 cm³/mol. The van der Waals surface area contributed by atoms with Crippen molar-refractivity contribution < 1.29 is 29.2 Å². The number of benzene rings is 1. The van der Waals surface area contributed by atoms with Crippen LogP contribution >= 0.6 is 0 Å². The van der Waals surface area contributed by atoms with Crippen LogP contribution in [0.2, 0.25) is 0 Å². The number of hydrogen-bond donors (Lipinski definition) is 2. The van der Waals surface area contributed by atoms with E-state index in [1.807, 2.05) is 13.8 Å². The minimum atomic E-state index is -0.532. The molecule has 0 amide bonds. The molecule has 1 aromatic rings. The van der Waals surface area contributed by atoms with Gasteiger partial charge in [0.1, 0.15) is 5.75 Å². The lowest BCUT2D eigenvalue weighted by Gasteiger charge is -2.61.